The number of benzene rings is 2. The largest absolute Gasteiger partial charge is 0.416 e. The molecule has 2 aromatic rings. The first kappa shape index (κ1) is 37.1. The number of nitriles is 1. The highest BCUT2D eigenvalue weighted by Gasteiger charge is 2.50. The van der Waals surface area contributed by atoms with E-state index in [1.54, 1.807) is 60.6 Å². The number of likely N-dealkylation sites (tertiary alicyclic amines) is 1. The molecule has 5 amide bonds. The molecule has 13 nitrogen and oxygen atoms in total. The molecule has 5 aliphatic heterocycles. The Labute approximate surface area is 310 Å². The molecular weight excluding hydrogens is 705 g/mol. The maximum atomic E-state index is 14.6. The Balaban J connectivity index is 0.998. The van der Waals surface area contributed by atoms with Crippen molar-refractivity contribution in [2.75, 3.05) is 44.2 Å². The normalized spacial score (nSPS) is 24.8. The summed E-state index contributed by atoms with van der Waals surface area (Å²) in [7, 11) is 0. The molecule has 3 saturated heterocycles. The van der Waals surface area contributed by atoms with Gasteiger partial charge >= 0.3 is 6.18 Å². The Morgan fingerprint density at radius 3 is 2.39 bits per heavy atom. The number of hydrogen-bond donors (Lipinski definition) is 2. The van der Waals surface area contributed by atoms with Crippen molar-refractivity contribution >= 4 is 35.2 Å². The van der Waals surface area contributed by atoms with E-state index in [-0.39, 0.29) is 36.6 Å². The van der Waals surface area contributed by atoms with Crippen LogP contribution in [-0.2, 0) is 14.4 Å². The maximum Gasteiger partial charge on any atom is 0.416 e. The van der Waals surface area contributed by atoms with Crippen molar-refractivity contribution in [1.29, 1.82) is 5.26 Å². The van der Waals surface area contributed by atoms with Crippen LogP contribution in [0.5, 0.6) is 0 Å². The van der Waals surface area contributed by atoms with Crippen molar-refractivity contribution in [3.05, 3.63) is 77.0 Å². The lowest BCUT2D eigenvalue weighted by Crippen LogP contribution is -2.54. The number of nitrogens with zero attached hydrogens (tertiary/aromatic N) is 6. The van der Waals surface area contributed by atoms with Gasteiger partial charge in [-0.15, -0.1) is 0 Å². The van der Waals surface area contributed by atoms with E-state index in [2.05, 4.69) is 20.4 Å². The number of hydrogen-bond acceptors (Lipinski definition) is 10. The number of halogens is 3. The van der Waals surface area contributed by atoms with E-state index >= 15 is 0 Å². The number of piperidine rings is 2. The van der Waals surface area contributed by atoms with E-state index in [4.69, 9.17) is 5.26 Å². The van der Waals surface area contributed by atoms with Crippen molar-refractivity contribution < 1.29 is 37.1 Å². The van der Waals surface area contributed by atoms with Crippen molar-refractivity contribution in [3.63, 3.8) is 0 Å². The Hall–Kier alpha value is -5.27. The molecule has 0 saturated carbocycles. The summed E-state index contributed by atoms with van der Waals surface area (Å²) >= 11 is 0. The lowest BCUT2D eigenvalue weighted by molar-refractivity contribution is -0.136. The van der Waals surface area contributed by atoms with E-state index in [1.165, 1.54) is 5.01 Å². The predicted octanol–water partition coefficient (Wildman–Crippen LogP) is 3.33. The zero-order valence-corrected chi connectivity index (χ0v) is 29.7. The summed E-state index contributed by atoms with van der Waals surface area (Å²) in [5, 5.41) is 16.6. The topological polar surface area (TPSA) is 149 Å². The Kier molecular flexibility index (Phi) is 10.2. The van der Waals surface area contributed by atoms with Crippen LogP contribution in [0.3, 0.4) is 0 Å². The van der Waals surface area contributed by atoms with Crippen LogP contribution in [-0.4, -0.2) is 107 Å². The van der Waals surface area contributed by atoms with Gasteiger partial charge in [-0.1, -0.05) is 37.3 Å². The highest BCUT2D eigenvalue weighted by molar-refractivity contribution is 6.23. The van der Waals surface area contributed by atoms with Crippen molar-refractivity contribution in [2.45, 2.75) is 63.3 Å². The summed E-state index contributed by atoms with van der Waals surface area (Å²) in [5.41, 5.74) is 1.08. The zero-order chi connectivity index (χ0) is 38.3. The molecular formula is C38H41F3N8O5. The van der Waals surface area contributed by atoms with Crippen LogP contribution in [0, 0.1) is 23.3 Å². The Morgan fingerprint density at radius 1 is 0.981 bits per heavy atom. The minimum Gasteiger partial charge on any atom is -0.371 e. The van der Waals surface area contributed by atoms with Crippen LogP contribution in [0.2, 0.25) is 0 Å². The van der Waals surface area contributed by atoms with Gasteiger partial charge in [-0.05, 0) is 68.5 Å². The Bertz CT molecular complexity index is 1910. The molecule has 284 valence electrons. The number of fused-ring (bicyclic) bond motifs is 1. The number of alkyl halides is 3. The number of anilines is 1. The molecule has 3 fully saturated rings. The summed E-state index contributed by atoms with van der Waals surface area (Å²) in [6.45, 7) is 5.16. The van der Waals surface area contributed by atoms with Crippen LogP contribution in [0.15, 0.2) is 60.3 Å². The van der Waals surface area contributed by atoms with Gasteiger partial charge in [-0.3, -0.25) is 39.5 Å². The molecule has 4 atom stereocenters. The number of carbonyl (C=O) groups is 5. The van der Waals surface area contributed by atoms with Crippen molar-refractivity contribution in [3.8, 4) is 6.19 Å². The van der Waals surface area contributed by atoms with E-state index < -0.39 is 59.3 Å². The lowest BCUT2D eigenvalue weighted by atomic mass is 9.95. The standard InChI is InChI=1S/C38H41F3N8O5/c1-23(34(51)43-22-42)18-47-21-30(38(39,40)41)33(25-5-3-2-4-6-25)49(47)26-12-14-45(15-13-26)19-24-11-16-46(20-24)27-7-8-28-29(17-27)37(54)48(36(28)53)31-9-10-32(50)44-35(31)52/h2-8,17,21,23-24,26,31,33H,9-16,18-20H2,1H3,(H,43,51)(H,44,50,52). The second-order valence-corrected chi connectivity index (χ2v) is 14.7. The first-order chi connectivity index (χ1) is 25.8. The van der Waals surface area contributed by atoms with Gasteiger partial charge in [0.2, 0.25) is 17.7 Å². The molecule has 54 heavy (non-hydrogen) atoms. The Morgan fingerprint density at radius 2 is 1.70 bits per heavy atom. The number of nitrogens with one attached hydrogen (secondary N) is 2. The number of amides is 5. The molecule has 4 unspecified atom stereocenters. The third kappa shape index (κ3) is 7.17. The molecule has 2 N–H and O–H groups in total. The highest BCUT2D eigenvalue weighted by Crippen LogP contribution is 2.47. The van der Waals surface area contributed by atoms with Gasteiger partial charge in [-0.2, -0.15) is 18.4 Å². The zero-order valence-electron chi connectivity index (χ0n) is 29.7. The van der Waals surface area contributed by atoms with E-state index in [0.717, 1.165) is 42.8 Å². The minimum absolute atomic E-state index is 0.0219. The molecule has 0 radical (unpaired) electrons. The van der Waals surface area contributed by atoms with Gasteiger partial charge < -0.3 is 14.8 Å². The maximum absolute atomic E-state index is 14.6. The highest BCUT2D eigenvalue weighted by atomic mass is 19.4. The quantitative estimate of drug-likeness (QED) is 0.223. The molecule has 5 heterocycles. The molecule has 5 aliphatic rings. The smallest absolute Gasteiger partial charge is 0.371 e. The summed E-state index contributed by atoms with van der Waals surface area (Å²) in [6.07, 6.45) is 0.366. The fraction of sp³-hybridized carbons (Fsp3) is 0.474. The van der Waals surface area contributed by atoms with Gasteiger partial charge in [0.05, 0.1) is 28.7 Å². The third-order valence-electron chi connectivity index (χ3n) is 11.2. The molecule has 0 aliphatic carbocycles. The molecule has 0 bridgehead atoms. The predicted molar refractivity (Wildman–Crippen MR) is 188 cm³/mol. The second kappa shape index (κ2) is 14.9. The summed E-state index contributed by atoms with van der Waals surface area (Å²) in [6, 6.07) is 11.4. The van der Waals surface area contributed by atoms with Gasteiger partial charge in [-0.25, -0.2) is 5.01 Å². The first-order valence-electron chi connectivity index (χ1n) is 18.2. The number of hydrazine groups is 1. The fourth-order valence-electron chi connectivity index (χ4n) is 8.50. The summed E-state index contributed by atoms with van der Waals surface area (Å²) in [4.78, 5) is 68.5. The van der Waals surface area contributed by atoms with Crippen LogP contribution in [0.1, 0.15) is 71.3 Å². The fourth-order valence-corrected chi connectivity index (χ4v) is 8.50. The van der Waals surface area contributed by atoms with Gasteiger partial charge in [0.25, 0.3) is 11.8 Å². The SMILES string of the molecule is CC(CN1C=C(C(F)(F)F)C(c2ccccc2)N1C1CCN(CC2CCN(c3ccc4c(c3)C(=O)N(C3CCC(=O)NC3=O)C4=O)C2)CC1)C(=O)NC#N. The van der Waals surface area contributed by atoms with Crippen molar-refractivity contribution in [1.82, 2.24) is 30.5 Å². The van der Waals surface area contributed by atoms with Gasteiger partial charge in [0.15, 0.2) is 6.19 Å². The van der Waals surface area contributed by atoms with Crippen LogP contribution in [0.4, 0.5) is 18.9 Å². The van der Waals surface area contributed by atoms with Crippen LogP contribution >= 0.6 is 0 Å². The molecule has 2 aromatic carbocycles. The average molecular weight is 747 g/mol. The number of carbonyl (C=O) groups excluding carboxylic acids is 5. The van der Waals surface area contributed by atoms with E-state index in [0.29, 0.717) is 37.4 Å². The molecule has 0 aromatic heterocycles. The van der Waals surface area contributed by atoms with Crippen LogP contribution < -0.4 is 15.5 Å². The van der Waals surface area contributed by atoms with Gasteiger partial charge in [0, 0.05) is 50.5 Å². The van der Waals surface area contributed by atoms with E-state index in [1.807, 2.05) is 6.07 Å². The van der Waals surface area contributed by atoms with Crippen molar-refractivity contribution in [2.24, 2.45) is 11.8 Å². The van der Waals surface area contributed by atoms with Gasteiger partial charge in [0.1, 0.15) is 6.04 Å². The van der Waals surface area contributed by atoms with E-state index in [9.17, 15) is 37.1 Å². The number of imide groups is 2. The number of rotatable bonds is 9. The molecule has 7 rings (SSSR count). The summed E-state index contributed by atoms with van der Waals surface area (Å²) < 4.78 is 43.7. The molecule has 0 spiro atoms. The second-order valence-electron chi connectivity index (χ2n) is 14.7. The molecule has 16 heteroatoms. The average Bonchev–Trinajstić information content (AvgIpc) is 3.84. The minimum atomic E-state index is -4.60. The lowest BCUT2D eigenvalue weighted by Gasteiger charge is -2.45. The first-order valence-corrected chi connectivity index (χ1v) is 18.2. The monoisotopic (exact) mass is 746 g/mol. The van der Waals surface area contributed by atoms with Crippen LogP contribution in [0.25, 0.3) is 0 Å². The third-order valence-corrected chi connectivity index (χ3v) is 11.2. The summed E-state index contributed by atoms with van der Waals surface area (Å²) in [5.74, 6) is -3.18.